The van der Waals surface area contributed by atoms with Gasteiger partial charge < -0.3 is 10.6 Å². The first-order valence-electron chi connectivity index (χ1n) is 6.01. The number of nitrogens with one attached hydrogen (secondary N) is 2. The zero-order valence-electron chi connectivity index (χ0n) is 11.3. The summed E-state index contributed by atoms with van der Waals surface area (Å²) in [7, 11) is 0. The van der Waals surface area contributed by atoms with Crippen LogP contribution in [0.2, 0.25) is 0 Å². The summed E-state index contributed by atoms with van der Waals surface area (Å²) in [6.07, 6.45) is 0. The highest BCUT2D eigenvalue weighted by molar-refractivity contribution is 7.14. The third-order valence-electron chi connectivity index (χ3n) is 2.58. The number of thiophene rings is 1. The van der Waals surface area contributed by atoms with E-state index in [0.29, 0.717) is 4.88 Å². The van der Waals surface area contributed by atoms with Crippen molar-refractivity contribution in [3.63, 3.8) is 0 Å². The lowest BCUT2D eigenvalue weighted by molar-refractivity contribution is -0.114. The van der Waals surface area contributed by atoms with Crippen LogP contribution in [0.15, 0.2) is 24.3 Å². The Morgan fingerprint density at radius 1 is 1.05 bits per heavy atom. The lowest BCUT2D eigenvalue weighted by Crippen LogP contribution is -2.15. The minimum atomic E-state index is -1.11. The fraction of sp³-hybridized carbons (Fsp3) is 0.143. The molecule has 2 amide bonds. The molecule has 1 aromatic carbocycles. The first-order chi connectivity index (χ1) is 9.86. The topological polar surface area (TPSA) is 58.2 Å². The van der Waals surface area contributed by atoms with Gasteiger partial charge in [0.1, 0.15) is 0 Å². The van der Waals surface area contributed by atoms with Gasteiger partial charge in [0.2, 0.25) is 5.91 Å². The van der Waals surface area contributed by atoms with E-state index < -0.39 is 23.4 Å². The fourth-order valence-electron chi connectivity index (χ4n) is 1.68. The van der Waals surface area contributed by atoms with Crippen molar-refractivity contribution in [1.29, 1.82) is 0 Å². The van der Waals surface area contributed by atoms with E-state index in [4.69, 9.17) is 0 Å². The van der Waals surface area contributed by atoms with Crippen LogP contribution in [0.3, 0.4) is 0 Å². The summed E-state index contributed by atoms with van der Waals surface area (Å²) >= 11 is 1.27. The number of carbonyl (C=O) groups is 2. The predicted octanol–water partition coefficient (Wildman–Crippen LogP) is 3.55. The molecule has 0 radical (unpaired) electrons. The number of rotatable bonds is 3. The van der Waals surface area contributed by atoms with Crippen molar-refractivity contribution in [2.75, 3.05) is 10.6 Å². The summed E-state index contributed by atoms with van der Waals surface area (Å²) in [6.45, 7) is 3.08. The molecule has 0 spiro atoms. The van der Waals surface area contributed by atoms with E-state index in [2.05, 4.69) is 10.6 Å². The number of anilines is 2. The minimum Gasteiger partial charge on any atom is -0.324 e. The third-order valence-corrected chi connectivity index (χ3v) is 3.58. The highest BCUT2D eigenvalue weighted by atomic mass is 32.1. The molecular formula is C14H12F2N2O2S. The van der Waals surface area contributed by atoms with Gasteiger partial charge in [0.25, 0.3) is 5.91 Å². The number of aryl methyl sites for hydroxylation is 1. The van der Waals surface area contributed by atoms with Gasteiger partial charge in [-0.25, -0.2) is 8.78 Å². The SMILES string of the molecule is CC(=O)Nc1cc(F)c(F)cc1NC(=O)c1ccc(C)s1. The molecule has 0 aliphatic rings. The van der Waals surface area contributed by atoms with Gasteiger partial charge in [0.15, 0.2) is 11.6 Å². The number of halogens is 2. The second kappa shape index (κ2) is 6.01. The molecule has 2 rings (SSSR count). The average Bonchev–Trinajstić information content (AvgIpc) is 2.81. The lowest BCUT2D eigenvalue weighted by Gasteiger charge is -2.11. The molecule has 2 aromatic rings. The van der Waals surface area contributed by atoms with E-state index in [1.54, 1.807) is 12.1 Å². The Labute approximate surface area is 123 Å². The van der Waals surface area contributed by atoms with Crippen LogP contribution in [-0.2, 0) is 4.79 Å². The number of amides is 2. The van der Waals surface area contributed by atoms with Gasteiger partial charge >= 0.3 is 0 Å². The summed E-state index contributed by atoms with van der Waals surface area (Å²) in [5.41, 5.74) is 0.00295. The summed E-state index contributed by atoms with van der Waals surface area (Å²) in [5.74, 6) is -3.13. The number of hydrogen-bond acceptors (Lipinski definition) is 3. The molecule has 1 aromatic heterocycles. The molecule has 0 fully saturated rings. The molecule has 0 saturated carbocycles. The Bertz CT molecular complexity index is 713. The number of hydrogen-bond donors (Lipinski definition) is 2. The van der Waals surface area contributed by atoms with Crippen molar-refractivity contribution in [2.24, 2.45) is 0 Å². The van der Waals surface area contributed by atoms with Gasteiger partial charge in [-0.3, -0.25) is 9.59 Å². The molecule has 0 aliphatic carbocycles. The standard InChI is InChI=1S/C14H12F2N2O2S/c1-7-3-4-13(21-7)14(20)18-12-6-10(16)9(15)5-11(12)17-8(2)19/h3-6H,1-2H3,(H,17,19)(H,18,20). The fourth-order valence-corrected chi connectivity index (χ4v) is 2.45. The zero-order chi connectivity index (χ0) is 15.6. The van der Waals surface area contributed by atoms with Crippen LogP contribution < -0.4 is 10.6 Å². The molecule has 110 valence electrons. The van der Waals surface area contributed by atoms with E-state index in [-0.39, 0.29) is 11.4 Å². The predicted molar refractivity (Wildman–Crippen MR) is 77.7 cm³/mol. The Hall–Kier alpha value is -2.28. The van der Waals surface area contributed by atoms with Crippen molar-refractivity contribution in [3.8, 4) is 0 Å². The van der Waals surface area contributed by atoms with Crippen LogP contribution in [0, 0.1) is 18.6 Å². The maximum absolute atomic E-state index is 13.3. The Morgan fingerprint density at radius 3 is 2.10 bits per heavy atom. The van der Waals surface area contributed by atoms with Crippen LogP contribution in [-0.4, -0.2) is 11.8 Å². The van der Waals surface area contributed by atoms with E-state index in [1.165, 1.54) is 18.3 Å². The molecule has 0 bridgehead atoms. The van der Waals surface area contributed by atoms with Crippen molar-refractivity contribution in [2.45, 2.75) is 13.8 Å². The van der Waals surface area contributed by atoms with Crippen molar-refractivity contribution in [3.05, 3.63) is 45.7 Å². The van der Waals surface area contributed by atoms with Gasteiger partial charge in [-0.2, -0.15) is 0 Å². The first-order valence-corrected chi connectivity index (χ1v) is 6.83. The highest BCUT2D eigenvalue weighted by Gasteiger charge is 2.15. The Balaban J connectivity index is 2.31. The van der Waals surface area contributed by atoms with Crippen molar-refractivity contribution >= 4 is 34.5 Å². The second-order valence-corrected chi connectivity index (χ2v) is 5.65. The summed E-state index contributed by atoms with van der Waals surface area (Å²) in [5, 5.41) is 4.81. The normalized spacial score (nSPS) is 10.3. The Morgan fingerprint density at radius 2 is 1.62 bits per heavy atom. The van der Waals surface area contributed by atoms with Gasteiger partial charge in [0, 0.05) is 23.9 Å². The van der Waals surface area contributed by atoms with E-state index in [0.717, 1.165) is 17.0 Å². The Kier molecular flexibility index (Phi) is 4.32. The quantitative estimate of drug-likeness (QED) is 0.911. The molecule has 2 N–H and O–H groups in total. The van der Waals surface area contributed by atoms with Gasteiger partial charge in [-0.15, -0.1) is 11.3 Å². The van der Waals surface area contributed by atoms with E-state index in [9.17, 15) is 18.4 Å². The summed E-state index contributed by atoms with van der Waals surface area (Å²) in [6, 6.07) is 5.07. The third kappa shape index (κ3) is 3.63. The zero-order valence-corrected chi connectivity index (χ0v) is 12.1. The van der Waals surface area contributed by atoms with Gasteiger partial charge in [-0.05, 0) is 19.1 Å². The largest absolute Gasteiger partial charge is 0.324 e. The molecular weight excluding hydrogens is 298 g/mol. The molecule has 21 heavy (non-hydrogen) atoms. The molecule has 0 unspecified atom stereocenters. The highest BCUT2D eigenvalue weighted by Crippen LogP contribution is 2.26. The smallest absolute Gasteiger partial charge is 0.265 e. The van der Waals surface area contributed by atoms with Crippen LogP contribution >= 0.6 is 11.3 Å². The number of benzene rings is 1. The molecule has 7 heteroatoms. The first kappa shape index (κ1) is 15.1. The maximum Gasteiger partial charge on any atom is 0.265 e. The van der Waals surface area contributed by atoms with Gasteiger partial charge in [0.05, 0.1) is 16.3 Å². The average molecular weight is 310 g/mol. The van der Waals surface area contributed by atoms with E-state index in [1.807, 2.05) is 6.92 Å². The molecule has 0 saturated heterocycles. The van der Waals surface area contributed by atoms with Crippen LogP contribution in [0.1, 0.15) is 21.5 Å². The van der Waals surface area contributed by atoms with Crippen LogP contribution in [0.5, 0.6) is 0 Å². The summed E-state index contributed by atoms with van der Waals surface area (Å²) < 4.78 is 26.6. The van der Waals surface area contributed by atoms with Crippen molar-refractivity contribution in [1.82, 2.24) is 0 Å². The number of carbonyl (C=O) groups excluding carboxylic acids is 2. The minimum absolute atomic E-state index is 0.000142. The summed E-state index contributed by atoms with van der Waals surface area (Å²) in [4.78, 5) is 24.5. The van der Waals surface area contributed by atoms with Crippen LogP contribution in [0.4, 0.5) is 20.2 Å². The monoisotopic (exact) mass is 310 g/mol. The molecule has 0 aliphatic heterocycles. The maximum atomic E-state index is 13.3. The molecule has 0 atom stereocenters. The van der Waals surface area contributed by atoms with Crippen LogP contribution in [0.25, 0.3) is 0 Å². The van der Waals surface area contributed by atoms with Gasteiger partial charge in [-0.1, -0.05) is 0 Å². The van der Waals surface area contributed by atoms with Crippen molar-refractivity contribution < 1.29 is 18.4 Å². The van der Waals surface area contributed by atoms with E-state index >= 15 is 0 Å². The molecule has 1 heterocycles. The second-order valence-electron chi connectivity index (χ2n) is 4.36. The molecule has 4 nitrogen and oxygen atoms in total. The lowest BCUT2D eigenvalue weighted by atomic mass is 10.2.